The summed E-state index contributed by atoms with van der Waals surface area (Å²) in [6, 6.07) is 1.41. The average Bonchev–Trinajstić information content (AvgIpc) is 2.28. The van der Waals surface area contributed by atoms with Gasteiger partial charge in [-0.3, -0.25) is 0 Å². The molecule has 1 N–H and O–H groups in total. The van der Waals surface area contributed by atoms with Crippen molar-refractivity contribution in [3.05, 3.63) is 0 Å². The maximum atomic E-state index is 3.52. The molecule has 0 aromatic rings. The van der Waals surface area contributed by atoms with Crippen LogP contribution >= 0.6 is 0 Å². The van der Waals surface area contributed by atoms with Crippen molar-refractivity contribution in [1.29, 1.82) is 0 Å². The van der Waals surface area contributed by atoms with E-state index < -0.39 is 0 Å². The average molecular weight is 240 g/mol. The lowest BCUT2D eigenvalue weighted by atomic mass is 9.78. The summed E-state index contributed by atoms with van der Waals surface area (Å²) in [5.74, 6) is 2.48. The Morgan fingerprint density at radius 1 is 1.24 bits per heavy atom. The molecular formula is C15H32N2. The Morgan fingerprint density at radius 2 is 1.88 bits per heavy atom. The van der Waals surface area contributed by atoms with E-state index >= 15 is 0 Å². The molecule has 0 amide bonds. The first-order valence-electron chi connectivity index (χ1n) is 7.33. The number of nitrogens with one attached hydrogen (secondary N) is 1. The summed E-state index contributed by atoms with van der Waals surface area (Å²) in [7, 11) is 4.41. The molecule has 102 valence electrons. The predicted molar refractivity (Wildman–Crippen MR) is 76.3 cm³/mol. The molecular weight excluding hydrogens is 208 g/mol. The SMILES string of the molecule is CNC1CCC(C)CC1CN(C)C(C)C(C)C. The lowest BCUT2D eigenvalue weighted by Gasteiger charge is -2.39. The summed E-state index contributed by atoms with van der Waals surface area (Å²) in [5, 5.41) is 3.52. The first-order valence-corrected chi connectivity index (χ1v) is 7.33. The Bertz CT molecular complexity index is 215. The predicted octanol–water partition coefficient (Wildman–Crippen LogP) is 2.99. The van der Waals surface area contributed by atoms with Gasteiger partial charge < -0.3 is 10.2 Å². The number of rotatable bonds is 5. The van der Waals surface area contributed by atoms with Crippen molar-refractivity contribution in [2.24, 2.45) is 17.8 Å². The lowest BCUT2D eigenvalue weighted by molar-refractivity contribution is 0.125. The summed E-state index contributed by atoms with van der Waals surface area (Å²) in [6.45, 7) is 10.6. The highest BCUT2D eigenvalue weighted by molar-refractivity contribution is 4.85. The van der Waals surface area contributed by atoms with Gasteiger partial charge >= 0.3 is 0 Å². The van der Waals surface area contributed by atoms with Gasteiger partial charge in [-0.25, -0.2) is 0 Å². The maximum absolute atomic E-state index is 3.52. The van der Waals surface area contributed by atoms with Gasteiger partial charge in [0, 0.05) is 18.6 Å². The highest BCUT2D eigenvalue weighted by Gasteiger charge is 2.29. The van der Waals surface area contributed by atoms with E-state index in [1.165, 1.54) is 25.8 Å². The summed E-state index contributed by atoms with van der Waals surface area (Å²) >= 11 is 0. The molecule has 2 nitrogen and oxygen atoms in total. The minimum Gasteiger partial charge on any atom is -0.317 e. The molecule has 1 aliphatic carbocycles. The van der Waals surface area contributed by atoms with Gasteiger partial charge in [0.1, 0.15) is 0 Å². The first-order chi connectivity index (χ1) is 7.95. The van der Waals surface area contributed by atoms with Crippen LogP contribution in [0.25, 0.3) is 0 Å². The molecule has 1 aliphatic rings. The Hall–Kier alpha value is -0.0800. The fourth-order valence-electron chi connectivity index (χ4n) is 3.13. The molecule has 0 aromatic heterocycles. The normalized spacial score (nSPS) is 32.1. The topological polar surface area (TPSA) is 15.3 Å². The molecule has 0 aliphatic heterocycles. The van der Waals surface area contributed by atoms with Crippen LogP contribution in [0.15, 0.2) is 0 Å². The summed E-state index contributed by atoms with van der Waals surface area (Å²) in [6.07, 6.45) is 4.14. The monoisotopic (exact) mass is 240 g/mol. The van der Waals surface area contributed by atoms with E-state index in [0.717, 1.165) is 23.8 Å². The molecule has 1 fully saturated rings. The fourth-order valence-corrected chi connectivity index (χ4v) is 3.13. The van der Waals surface area contributed by atoms with Gasteiger partial charge in [-0.05, 0) is 58.0 Å². The van der Waals surface area contributed by atoms with E-state index in [0.29, 0.717) is 6.04 Å². The van der Waals surface area contributed by atoms with Crippen molar-refractivity contribution in [2.45, 2.75) is 59.0 Å². The Morgan fingerprint density at radius 3 is 2.41 bits per heavy atom. The van der Waals surface area contributed by atoms with Crippen molar-refractivity contribution in [3.63, 3.8) is 0 Å². The van der Waals surface area contributed by atoms with Gasteiger partial charge in [-0.15, -0.1) is 0 Å². The van der Waals surface area contributed by atoms with Gasteiger partial charge in [0.25, 0.3) is 0 Å². The summed E-state index contributed by atoms with van der Waals surface area (Å²) < 4.78 is 0. The molecule has 0 heterocycles. The second-order valence-corrected chi connectivity index (χ2v) is 6.50. The van der Waals surface area contributed by atoms with E-state index in [-0.39, 0.29) is 0 Å². The third-order valence-corrected chi connectivity index (χ3v) is 4.80. The number of hydrogen-bond donors (Lipinski definition) is 1. The zero-order chi connectivity index (χ0) is 13.0. The van der Waals surface area contributed by atoms with Crippen LogP contribution in [0, 0.1) is 17.8 Å². The zero-order valence-electron chi connectivity index (χ0n) is 12.7. The van der Waals surface area contributed by atoms with Gasteiger partial charge in [0.05, 0.1) is 0 Å². The largest absolute Gasteiger partial charge is 0.317 e. The van der Waals surface area contributed by atoms with Crippen LogP contribution in [0.5, 0.6) is 0 Å². The van der Waals surface area contributed by atoms with Crippen LogP contribution < -0.4 is 5.32 Å². The van der Waals surface area contributed by atoms with Crippen LogP contribution in [0.2, 0.25) is 0 Å². The standard InChI is InChI=1S/C15H32N2/c1-11(2)13(4)17(6)10-14-9-12(3)7-8-15(14)16-5/h11-16H,7-10H2,1-6H3. The number of hydrogen-bond acceptors (Lipinski definition) is 2. The van der Waals surface area contributed by atoms with Crippen molar-refractivity contribution in [3.8, 4) is 0 Å². The molecule has 0 saturated heterocycles. The molecule has 0 bridgehead atoms. The summed E-state index contributed by atoms with van der Waals surface area (Å²) in [5.41, 5.74) is 0. The maximum Gasteiger partial charge on any atom is 0.0105 e. The molecule has 2 heteroatoms. The van der Waals surface area contributed by atoms with Gasteiger partial charge in [0.15, 0.2) is 0 Å². The van der Waals surface area contributed by atoms with E-state index in [1.54, 1.807) is 0 Å². The third kappa shape index (κ3) is 4.26. The van der Waals surface area contributed by atoms with E-state index in [2.05, 4.69) is 52.0 Å². The van der Waals surface area contributed by atoms with Crippen LogP contribution in [-0.4, -0.2) is 37.6 Å². The fraction of sp³-hybridized carbons (Fsp3) is 1.00. The van der Waals surface area contributed by atoms with E-state index in [4.69, 9.17) is 0 Å². The van der Waals surface area contributed by atoms with Crippen LogP contribution in [-0.2, 0) is 0 Å². The Kier molecular flexibility index (Phi) is 5.94. The molecule has 17 heavy (non-hydrogen) atoms. The highest BCUT2D eigenvalue weighted by Crippen LogP contribution is 2.30. The summed E-state index contributed by atoms with van der Waals surface area (Å²) in [4.78, 5) is 2.55. The van der Waals surface area contributed by atoms with Crippen molar-refractivity contribution < 1.29 is 0 Å². The molecule has 1 saturated carbocycles. The molecule has 0 spiro atoms. The smallest absolute Gasteiger partial charge is 0.0105 e. The van der Waals surface area contributed by atoms with Crippen LogP contribution in [0.4, 0.5) is 0 Å². The van der Waals surface area contributed by atoms with Gasteiger partial charge in [-0.2, -0.15) is 0 Å². The highest BCUT2D eigenvalue weighted by atomic mass is 15.1. The van der Waals surface area contributed by atoms with Gasteiger partial charge in [-0.1, -0.05) is 20.8 Å². The molecule has 4 atom stereocenters. The third-order valence-electron chi connectivity index (χ3n) is 4.80. The molecule has 0 aromatic carbocycles. The Labute approximate surface area is 108 Å². The zero-order valence-corrected chi connectivity index (χ0v) is 12.7. The molecule has 4 unspecified atom stereocenters. The number of nitrogens with zero attached hydrogens (tertiary/aromatic N) is 1. The second-order valence-electron chi connectivity index (χ2n) is 6.50. The molecule has 1 rings (SSSR count). The van der Waals surface area contributed by atoms with E-state index in [9.17, 15) is 0 Å². The van der Waals surface area contributed by atoms with Crippen molar-refractivity contribution >= 4 is 0 Å². The van der Waals surface area contributed by atoms with Crippen molar-refractivity contribution in [1.82, 2.24) is 10.2 Å². The minimum absolute atomic E-state index is 0.685. The van der Waals surface area contributed by atoms with Crippen molar-refractivity contribution in [2.75, 3.05) is 20.6 Å². The van der Waals surface area contributed by atoms with Crippen LogP contribution in [0.3, 0.4) is 0 Å². The first kappa shape index (κ1) is 15.0. The lowest BCUT2D eigenvalue weighted by Crippen LogP contribution is -2.46. The van der Waals surface area contributed by atoms with Gasteiger partial charge in [0.2, 0.25) is 0 Å². The second kappa shape index (κ2) is 6.75. The van der Waals surface area contributed by atoms with E-state index in [1.807, 2.05) is 0 Å². The molecule has 0 radical (unpaired) electrons. The Balaban J connectivity index is 2.52. The van der Waals surface area contributed by atoms with Crippen LogP contribution in [0.1, 0.15) is 47.0 Å². The minimum atomic E-state index is 0.685. The quantitative estimate of drug-likeness (QED) is 0.795.